The van der Waals surface area contributed by atoms with Crippen molar-refractivity contribution in [2.45, 2.75) is 44.4 Å². The van der Waals surface area contributed by atoms with Crippen LogP contribution in [0.25, 0.3) is 10.2 Å². The summed E-state index contributed by atoms with van der Waals surface area (Å²) in [5.41, 5.74) is 7.43. The van der Waals surface area contributed by atoms with Crippen LogP contribution in [0.1, 0.15) is 31.2 Å². The van der Waals surface area contributed by atoms with Crippen molar-refractivity contribution in [3.8, 4) is 5.75 Å². The molecule has 27 heavy (non-hydrogen) atoms. The Bertz CT molecular complexity index is 949. The summed E-state index contributed by atoms with van der Waals surface area (Å²) in [5, 5.41) is 14.8. The minimum Gasteiger partial charge on any atom is -0.489 e. The molecule has 2 atom stereocenters. The number of anilines is 2. The van der Waals surface area contributed by atoms with E-state index in [0.29, 0.717) is 17.4 Å². The van der Waals surface area contributed by atoms with Gasteiger partial charge in [-0.05, 0) is 37.1 Å². The molecule has 0 radical (unpaired) electrons. The van der Waals surface area contributed by atoms with Crippen LogP contribution in [0, 0.1) is 0 Å². The first-order valence-corrected chi connectivity index (χ1v) is 10.2. The van der Waals surface area contributed by atoms with Gasteiger partial charge in [0, 0.05) is 11.8 Å². The highest BCUT2D eigenvalue weighted by Gasteiger charge is 2.23. The summed E-state index contributed by atoms with van der Waals surface area (Å²) in [5.74, 6) is 1.04. The van der Waals surface area contributed by atoms with Crippen molar-refractivity contribution in [1.82, 2.24) is 9.97 Å². The van der Waals surface area contributed by atoms with Crippen LogP contribution >= 0.6 is 22.9 Å². The number of nitrogens with two attached hydrogens (primary N) is 1. The monoisotopic (exact) mass is 404 g/mol. The number of pyridine rings is 1. The first-order chi connectivity index (χ1) is 13.1. The SMILES string of the molecule is Nc1nccc(COc2ccc3nc(N[C@@H]4CCCC[C@H]4O)sc3c2)c1Cl. The molecule has 1 aromatic carbocycles. The van der Waals surface area contributed by atoms with Crippen LogP contribution in [-0.4, -0.2) is 27.2 Å². The smallest absolute Gasteiger partial charge is 0.184 e. The van der Waals surface area contributed by atoms with E-state index in [1.54, 1.807) is 23.6 Å². The molecule has 1 aliphatic rings. The number of halogens is 1. The molecule has 2 aromatic heterocycles. The molecule has 0 amide bonds. The number of fused-ring (bicyclic) bond motifs is 1. The largest absolute Gasteiger partial charge is 0.489 e. The van der Waals surface area contributed by atoms with Gasteiger partial charge in [-0.15, -0.1) is 0 Å². The quantitative estimate of drug-likeness (QED) is 0.589. The first kappa shape index (κ1) is 18.3. The molecule has 2 heterocycles. The third-order valence-electron chi connectivity index (χ3n) is 4.79. The van der Waals surface area contributed by atoms with E-state index in [0.717, 1.165) is 52.3 Å². The van der Waals surface area contributed by atoms with E-state index in [2.05, 4.69) is 15.3 Å². The Morgan fingerprint density at radius 2 is 2.15 bits per heavy atom. The molecular formula is C19H21ClN4O2S. The summed E-state index contributed by atoms with van der Waals surface area (Å²) >= 11 is 7.72. The predicted molar refractivity (Wildman–Crippen MR) is 109 cm³/mol. The molecule has 1 fully saturated rings. The molecule has 0 aliphatic heterocycles. The lowest BCUT2D eigenvalue weighted by molar-refractivity contribution is 0.116. The number of aliphatic hydroxyl groups excluding tert-OH is 1. The van der Waals surface area contributed by atoms with Crippen LogP contribution in [0.15, 0.2) is 30.5 Å². The third kappa shape index (κ3) is 4.10. The zero-order chi connectivity index (χ0) is 18.8. The summed E-state index contributed by atoms with van der Waals surface area (Å²) in [7, 11) is 0. The topological polar surface area (TPSA) is 93.3 Å². The van der Waals surface area contributed by atoms with Gasteiger partial charge >= 0.3 is 0 Å². The molecule has 0 unspecified atom stereocenters. The Hall–Kier alpha value is -2.09. The van der Waals surface area contributed by atoms with E-state index >= 15 is 0 Å². The number of aromatic nitrogens is 2. The molecule has 1 saturated carbocycles. The number of nitrogen functional groups attached to an aromatic ring is 1. The number of nitrogens with zero attached hydrogens (tertiary/aromatic N) is 2. The number of nitrogens with one attached hydrogen (secondary N) is 1. The second-order valence-electron chi connectivity index (χ2n) is 6.71. The van der Waals surface area contributed by atoms with Gasteiger partial charge in [-0.25, -0.2) is 9.97 Å². The van der Waals surface area contributed by atoms with Gasteiger partial charge in [-0.3, -0.25) is 0 Å². The highest BCUT2D eigenvalue weighted by atomic mass is 35.5. The normalized spacial score (nSPS) is 19.9. The molecular weight excluding hydrogens is 384 g/mol. The predicted octanol–water partition coefficient (Wildman–Crippen LogP) is 4.22. The first-order valence-electron chi connectivity index (χ1n) is 8.97. The Balaban J connectivity index is 1.46. The number of aliphatic hydroxyl groups is 1. The molecule has 8 heteroatoms. The van der Waals surface area contributed by atoms with Gasteiger partial charge in [0.05, 0.1) is 27.4 Å². The van der Waals surface area contributed by atoms with Crippen molar-refractivity contribution in [2.24, 2.45) is 0 Å². The lowest BCUT2D eigenvalue weighted by Gasteiger charge is -2.27. The van der Waals surface area contributed by atoms with E-state index in [4.69, 9.17) is 22.1 Å². The Labute approximate surface area is 166 Å². The molecule has 4 N–H and O–H groups in total. The van der Waals surface area contributed by atoms with Gasteiger partial charge in [-0.1, -0.05) is 35.8 Å². The number of ether oxygens (including phenoxy) is 1. The van der Waals surface area contributed by atoms with Crippen LogP contribution in [0.3, 0.4) is 0 Å². The Kier molecular flexibility index (Phi) is 5.33. The minimum absolute atomic E-state index is 0.0781. The second-order valence-corrected chi connectivity index (χ2v) is 8.12. The minimum atomic E-state index is -0.304. The summed E-state index contributed by atoms with van der Waals surface area (Å²) in [6.45, 7) is 0.315. The lowest BCUT2D eigenvalue weighted by Crippen LogP contribution is -2.36. The summed E-state index contributed by atoms with van der Waals surface area (Å²) < 4.78 is 6.89. The zero-order valence-electron chi connectivity index (χ0n) is 14.7. The van der Waals surface area contributed by atoms with Gasteiger partial charge in [0.25, 0.3) is 0 Å². The molecule has 3 aromatic rings. The summed E-state index contributed by atoms with van der Waals surface area (Å²) in [6, 6.07) is 7.66. The Morgan fingerprint density at radius 1 is 1.30 bits per heavy atom. The molecule has 0 saturated heterocycles. The van der Waals surface area contributed by atoms with E-state index < -0.39 is 0 Å². The number of hydrogen-bond acceptors (Lipinski definition) is 7. The van der Waals surface area contributed by atoms with Crippen molar-refractivity contribution in [2.75, 3.05) is 11.1 Å². The van der Waals surface area contributed by atoms with Gasteiger partial charge < -0.3 is 20.9 Å². The van der Waals surface area contributed by atoms with Crippen LogP contribution in [0.5, 0.6) is 5.75 Å². The zero-order valence-corrected chi connectivity index (χ0v) is 16.3. The second kappa shape index (κ2) is 7.88. The third-order valence-corrected chi connectivity index (χ3v) is 6.17. The molecule has 0 spiro atoms. The van der Waals surface area contributed by atoms with Crippen LogP contribution in [-0.2, 0) is 6.61 Å². The van der Waals surface area contributed by atoms with Crippen LogP contribution < -0.4 is 15.8 Å². The van der Waals surface area contributed by atoms with Crippen molar-refractivity contribution >= 4 is 44.1 Å². The average Bonchev–Trinajstić information content (AvgIpc) is 3.06. The highest BCUT2D eigenvalue weighted by Crippen LogP contribution is 2.32. The highest BCUT2D eigenvalue weighted by molar-refractivity contribution is 7.22. The van der Waals surface area contributed by atoms with Crippen molar-refractivity contribution in [3.63, 3.8) is 0 Å². The van der Waals surface area contributed by atoms with Gasteiger partial charge in [0.2, 0.25) is 0 Å². The maximum absolute atomic E-state index is 10.1. The summed E-state index contributed by atoms with van der Waals surface area (Å²) in [4.78, 5) is 8.57. The fourth-order valence-electron chi connectivity index (χ4n) is 3.27. The summed E-state index contributed by atoms with van der Waals surface area (Å²) in [6.07, 6.45) is 5.36. The van der Waals surface area contributed by atoms with Gasteiger partial charge in [-0.2, -0.15) is 0 Å². The van der Waals surface area contributed by atoms with Crippen molar-refractivity contribution in [3.05, 3.63) is 41.0 Å². The molecule has 1 aliphatic carbocycles. The van der Waals surface area contributed by atoms with Crippen LogP contribution in [0.4, 0.5) is 10.9 Å². The van der Waals surface area contributed by atoms with Crippen molar-refractivity contribution in [1.29, 1.82) is 0 Å². The van der Waals surface area contributed by atoms with E-state index in [1.165, 1.54) is 0 Å². The number of hydrogen-bond donors (Lipinski definition) is 3. The fraction of sp³-hybridized carbons (Fsp3) is 0.368. The van der Waals surface area contributed by atoms with Crippen LogP contribution in [0.2, 0.25) is 5.02 Å². The average molecular weight is 405 g/mol. The molecule has 0 bridgehead atoms. The van der Waals surface area contributed by atoms with E-state index in [1.807, 2.05) is 18.2 Å². The maximum Gasteiger partial charge on any atom is 0.184 e. The van der Waals surface area contributed by atoms with Gasteiger partial charge in [0.1, 0.15) is 18.2 Å². The maximum atomic E-state index is 10.1. The number of benzene rings is 1. The lowest BCUT2D eigenvalue weighted by atomic mass is 9.93. The van der Waals surface area contributed by atoms with Crippen molar-refractivity contribution < 1.29 is 9.84 Å². The standard InChI is InChI=1S/C19H21ClN4O2S/c20-17-11(7-8-22-18(17)21)10-26-12-5-6-14-16(9-12)27-19(24-14)23-13-3-1-2-4-15(13)25/h5-9,13,15,25H,1-4,10H2,(H2,21,22)(H,23,24)/t13-,15-/m1/s1. The Morgan fingerprint density at radius 3 is 3.00 bits per heavy atom. The van der Waals surface area contributed by atoms with Gasteiger partial charge in [0.15, 0.2) is 5.13 Å². The molecule has 6 nitrogen and oxygen atoms in total. The van der Waals surface area contributed by atoms with E-state index in [-0.39, 0.29) is 12.1 Å². The number of rotatable bonds is 5. The van der Waals surface area contributed by atoms with E-state index in [9.17, 15) is 5.11 Å². The molecule has 4 rings (SSSR count). The molecule has 142 valence electrons. The number of thiazole rings is 1. The fourth-order valence-corrected chi connectivity index (χ4v) is 4.39.